The number of carboxylic acid groups (broad SMARTS) is 1. The van der Waals surface area contributed by atoms with Crippen LogP contribution in [0.5, 0.6) is 0 Å². The predicted octanol–water partition coefficient (Wildman–Crippen LogP) is 1.29. The van der Waals surface area contributed by atoms with Crippen LogP contribution in [-0.4, -0.2) is 29.9 Å². The fourth-order valence-corrected chi connectivity index (χ4v) is 4.14. The third kappa shape index (κ3) is 8.30. The summed E-state index contributed by atoms with van der Waals surface area (Å²) in [5.41, 5.74) is 6.34. The van der Waals surface area contributed by atoms with E-state index < -0.39 is 17.9 Å². The normalized spacial score (nSPS) is 11.4. The molecule has 35 heavy (non-hydrogen) atoms. The van der Waals surface area contributed by atoms with E-state index in [1.54, 1.807) is 6.07 Å². The number of thioether (sulfide) groups is 1. The van der Waals surface area contributed by atoms with Gasteiger partial charge in [0.25, 0.3) is 5.91 Å². The number of aliphatic carboxylic acids is 1. The molecule has 3 rings (SSSR count). The van der Waals surface area contributed by atoms with Crippen LogP contribution in [0.4, 0.5) is 0 Å². The van der Waals surface area contributed by atoms with E-state index in [1.807, 2.05) is 68.6 Å². The molecule has 1 atom stereocenters. The van der Waals surface area contributed by atoms with Gasteiger partial charge in [0.1, 0.15) is 0 Å². The number of hydrogen-bond acceptors (Lipinski definition) is 5. The van der Waals surface area contributed by atoms with Gasteiger partial charge in [0.15, 0.2) is 0 Å². The van der Waals surface area contributed by atoms with Gasteiger partial charge >= 0.3 is 18.9 Å². The Bertz CT molecular complexity index is 1130. The maximum atomic E-state index is 13.1. The van der Waals surface area contributed by atoms with Crippen molar-refractivity contribution in [1.29, 1.82) is 0 Å². The van der Waals surface area contributed by atoms with Crippen molar-refractivity contribution in [3.8, 4) is 11.1 Å². The number of nitrogens with one attached hydrogen (secondary N) is 1. The van der Waals surface area contributed by atoms with Gasteiger partial charge in [0.2, 0.25) is 0 Å². The van der Waals surface area contributed by atoms with Gasteiger partial charge in [0, 0.05) is 5.56 Å². The van der Waals surface area contributed by atoms with Crippen LogP contribution < -0.4 is 29.3 Å². The van der Waals surface area contributed by atoms with Gasteiger partial charge in [-0.25, -0.2) is 0 Å². The Morgan fingerprint density at radius 1 is 0.943 bits per heavy atom. The average molecular weight is 484 g/mol. The van der Waals surface area contributed by atoms with E-state index >= 15 is 0 Å². The quantitative estimate of drug-likeness (QED) is 0.416. The van der Waals surface area contributed by atoms with E-state index in [4.69, 9.17) is 4.74 Å². The van der Waals surface area contributed by atoms with Crippen molar-refractivity contribution < 1.29 is 38.3 Å². The molecule has 0 aliphatic carbocycles. The summed E-state index contributed by atoms with van der Waals surface area (Å²) in [6, 6.07) is 20.5. The Kier molecular flexibility index (Phi) is 11.6. The van der Waals surface area contributed by atoms with Crippen molar-refractivity contribution in [1.82, 2.24) is 5.32 Å². The Labute approximate surface area is 223 Å². The fraction of sp³-hybridized carbons (Fsp3) is 0.286. The van der Waals surface area contributed by atoms with Crippen LogP contribution in [0.15, 0.2) is 66.7 Å². The van der Waals surface area contributed by atoms with Gasteiger partial charge in [-0.15, -0.1) is 0 Å². The largest absolute Gasteiger partial charge is 1.00 e. The number of carboxylic acids is 1. The number of rotatable bonds is 11. The van der Waals surface area contributed by atoms with Crippen LogP contribution >= 0.6 is 11.8 Å². The van der Waals surface area contributed by atoms with Crippen molar-refractivity contribution in [2.45, 2.75) is 39.5 Å². The van der Waals surface area contributed by atoms with Crippen LogP contribution in [0.2, 0.25) is 0 Å². The van der Waals surface area contributed by atoms with Crippen LogP contribution in [0, 0.1) is 13.8 Å². The first-order valence-electron chi connectivity index (χ1n) is 11.2. The van der Waals surface area contributed by atoms with Gasteiger partial charge in [-0.05, 0) is 72.2 Å². The molecule has 0 fully saturated rings. The molecule has 7 heteroatoms. The van der Waals surface area contributed by atoms with Crippen molar-refractivity contribution >= 4 is 23.6 Å². The van der Waals surface area contributed by atoms with Gasteiger partial charge in [0.05, 0.1) is 25.2 Å². The standard InChI is InChI=1S/C28H31NO4S.Li/c1-19-8-10-21(11-9-19)17-33-18-22-12-13-24(25(16-22)23-7-5-4-6-20(23)2)27(30)29-26(28(31)32)14-15-34-3;/h4-13,16,26H,14-15,17-18H2,1-3H3,(H,29,30)(H,31,32);/q;+1/p-1/t26-;/m0./s1. The SMILES string of the molecule is CSCC[C@H](NC(=O)c1ccc(COCc2ccc(C)cc2)cc1-c1ccccc1C)C(=O)[O-].[Li+]. The van der Waals surface area contributed by atoms with E-state index in [0.717, 1.165) is 27.8 Å². The first-order chi connectivity index (χ1) is 16.4. The minimum absolute atomic E-state index is 0. The molecule has 0 radical (unpaired) electrons. The van der Waals surface area contributed by atoms with Crippen LogP contribution in [0.25, 0.3) is 11.1 Å². The van der Waals surface area contributed by atoms with Gasteiger partial charge < -0.3 is 20.0 Å². The molecule has 0 aliphatic heterocycles. The Morgan fingerprint density at radius 2 is 1.60 bits per heavy atom. The minimum atomic E-state index is -1.28. The molecular formula is C28H30LiNO4S. The predicted molar refractivity (Wildman–Crippen MR) is 136 cm³/mol. The van der Waals surface area contributed by atoms with Crippen LogP contribution in [-0.2, 0) is 22.7 Å². The summed E-state index contributed by atoms with van der Waals surface area (Å²) in [5.74, 6) is -1.09. The molecule has 0 aromatic heterocycles. The molecule has 0 spiro atoms. The summed E-state index contributed by atoms with van der Waals surface area (Å²) < 4.78 is 5.92. The van der Waals surface area contributed by atoms with Crippen molar-refractivity contribution in [3.05, 3.63) is 94.5 Å². The Balaban J connectivity index is 0.00000432. The molecule has 0 aliphatic rings. The summed E-state index contributed by atoms with van der Waals surface area (Å²) >= 11 is 1.52. The molecule has 0 bridgehead atoms. The molecule has 0 heterocycles. The first-order valence-corrected chi connectivity index (χ1v) is 12.6. The van der Waals surface area contributed by atoms with E-state index in [2.05, 4.69) is 17.4 Å². The molecule has 0 saturated heterocycles. The summed E-state index contributed by atoms with van der Waals surface area (Å²) in [4.78, 5) is 24.7. The van der Waals surface area contributed by atoms with Crippen LogP contribution in [0.3, 0.4) is 0 Å². The zero-order valence-corrected chi connectivity index (χ0v) is 21.6. The van der Waals surface area contributed by atoms with E-state index in [1.165, 1.54) is 17.3 Å². The molecule has 178 valence electrons. The van der Waals surface area contributed by atoms with Gasteiger partial charge in [-0.3, -0.25) is 4.79 Å². The maximum Gasteiger partial charge on any atom is 1.00 e. The fourth-order valence-electron chi connectivity index (χ4n) is 3.67. The van der Waals surface area contributed by atoms with E-state index in [0.29, 0.717) is 31.0 Å². The second kappa shape index (κ2) is 14.2. The number of ether oxygens (including phenoxy) is 1. The van der Waals surface area contributed by atoms with Crippen molar-refractivity contribution in [2.75, 3.05) is 12.0 Å². The number of aryl methyl sites for hydroxylation is 2. The second-order valence-corrected chi connectivity index (χ2v) is 9.29. The topological polar surface area (TPSA) is 78.5 Å². The Hall–Kier alpha value is -2.49. The van der Waals surface area contributed by atoms with Gasteiger partial charge in [-0.2, -0.15) is 11.8 Å². The number of hydrogen-bond donors (Lipinski definition) is 1. The molecule has 1 amide bonds. The maximum absolute atomic E-state index is 13.1. The molecule has 3 aromatic rings. The van der Waals surface area contributed by atoms with Gasteiger partial charge in [-0.1, -0.05) is 60.2 Å². The van der Waals surface area contributed by atoms with E-state index in [9.17, 15) is 14.7 Å². The monoisotopic (exact) mass is 483 g/mol. The zero-order valence-electron chi connectivity index (χ0n) is 20.8. The third-order valence-corrected chi connectivity index (χ3v) is 6.27. The van der Waals surface area contributed by atoms with Crippen molar-refractivity contribution in [3.63, 3.8) is 0 Å². The molecule has 1 N–H and O–H groups in total. The van der Waals surface area contributed by atoms with Crippen molar-refractivity contribution in [2.24, 2.45) is 0 Å². The minimum Gasteiger partial charge on any atom is -0.548 e. The number of amides is 1. The summed E-state index contributed by atoms with van der Waals surface area (Å²) in [6.45, 7) is 4.92. The summed E-state index contributed by atoms with van der Waals surface area (Å²) in [5, 5.41) is 14.2. The van der Waals surface area contributed by atoms with Crippen LogP contribution in [0.1, 0.15) is 39.0 Å². The third-order valence-electron chi connectivity index (χ3n) is 5.62. The first kappa shape index (κ1) is 28.7. The number of benzene rings is 3. The molecular weight excluding hydrogens is 453 g/mol. The average Bonchev–Trinajstić information content (AvgIpc) is 2.83. The smallest absolute Gasteiger partial charge is 0.548 e. The summed E-state index contributed by atoms with van der Waals surface area (Å²) in [7, 11) is 0. The number of carbonyl (C=O) groups excluding carboxylic acids is 2. The molecule has 5 nitrogen and oxygen atoms in total. The number of carbonyl (C=O) groups is 2. The van der Waals surface area contributed by atoms with E-state index in [-0.39, 0.29) is 18.9 Å². The molecule has 3 aromatic carbocycles. The summed E-state index contributed by atoms with van der Waals surface area (Å²) in [6.07, 6.45) is 2.20. The second-order valence-electron chi connectivity index (χ2n) is 8.30. The molecule has 0 saturated carbocycles. The Morgan fingerprint density at radius 3 is 2.26 bits per heavy atom. The zero-order chi connectivity index (χ0) is 24.5. The molecule has 0 unspecified atom stereocenters.